The van der Waals surface area contributed by atoms with Crippen molar-refractivity contribution >= 4 is 5.82 Å². The molecular formula is C17H29N3. The van der Waals surface area contributed by atoms with E-state index in [0.29, 0.717) is 0 Å². The quantitative estimate of drug-likeness (QED) is 0.853. The van der Waals surface area contributed by atoms with Gasteiger partial charge in [-0.25, -0.2) is 4.98 Å². The third kappa shape index (κ3) is 4.48. The molecule has 1 aliphatic carbocycles. The Hall–Kier alpha value is -1.09. The van der Waals surface area contributed by atoms with Gasteiger partial charge in [-0.05, 0) is 57.2 Å². The fraction of sp³-hybridized carbons (Fsp3) is 0.706. The molecule has 1 N–H and O–H groups in total. The maximum absolute atomic E-state index is 4.71. The molecule has 1 aromatic rings. The fourth-order valence-corrected chi connectivity index (χ4v) is 2.99. The highest BCUT2D eigenvalue weighted by Crippen LogP contribution is 2.27. The largest absolute Gasteiger partial charge is 0.370 e. The standard InChI is InChI=1S/C17H29N3/c1-4-12-18-17-7-5-6-15(19-17)13-20(3)16-10-8-14(2)9-11-16/h5-7,14,16H,4,8-13H2,1-3H3,(H,18,19). The molecule has 1 heterocycles. The van der Waals surface area contributed by atoms with E-state index in [4.69, 9.17) is 4.98 Å². The average molecular weight is 275 g/mol. The minimum atomic E-state index is 0.736. The Morgan fingerprint density at radius 2 is 2.00 bits per heavy atom. The molecule has 2 rings (SSSR count). The summed E-state index contributed by atoms with van der Waals surface area (Å²) in [7, 11) is 2.24. The number of pyridine rings is 1. The van der Waals surface area contributed by atoms with E-state index in [1.807, 2.05) is 0 Å². The van der Waals surface area contributed by atoms with Crippen LogP contribution >= 0.6 is 0 Å². The van der Waals surface area contributed by atoms with Crippen LogP contribution in [0.25, 0.3) is 0 Å². The summed E-state index contributed by atoms with van der Waals surface area (Å²) in [6.07, 6.45) is 6.56. The van der Waals surface area contributed by atoms with Crippen LogP contribution in [0.4, 0.5) is 5.82 Å². The van der Waals surface area contributed by atoms with Gasteiger partial charge in [-0.15, -0.1) is 0 Å². The highest BCUT2D eigenvalue weighted by molar-refractivity contribution is 5.35. The van der Waals surface area contributed by atoms with Crippen LogP contribution < -0.4 is 5.32 Å². The van der Waals surface area contributed by atoms with Crippen molar-refractivity contribution in [3.63, 3.8) is 0 Å². The second-order valence-electron chi connectivity index (χ2n) is 6.27. The van der Waals surface area contributed by atoms with Gasteiger partial charge in [0.05, 0.1) is 5.69 Å². The number of anilines is 1. The Bertz CT molecular complexity index is 397. The van der Waals surface area contributed by atoms with Gasteiger partial charge in [0, 0.05) is 19.1 Å². The molecule has 0 amide bonds. The maximum Gasteiger partial charge on any atom is 0.126 e. The Morgan fingerprint density at radius 3 is 2.70 bits per heavy atom. The van der Waals surface area contributed by atoms with Crippen molar-refractivity contribution in [1.29, 1.82) is 0 Å². The fourth-order valence-electron chi connectivity index (χ4n) is 2.99. The van der Waals surface area contributed by atoms with E-state index in [1.165, 1.54) is 31.4 Å². The summed E-state index contributed by atoms with van der Waals surface area (Å²) < 4.78 is 0. The highest BCUT2D eigenvalue weighted by Gasteiger charge is 2.21. The van der Waals surface area contributed by atoms with Gasteiger partial charge < -0.3 is 5.32 Å². The van der Waals surface area contributed by atoms with Crippen molar-refractivity contribution in [3.05, 3.63) is 23.9 Å². The lowest BCUT2D eigenvalue weighted by atomic mass is 9.87. The summed E-state index contributed by atoms with van der Waals surface area (Å²) in [5.41, 5.74) is 1.17. The lowest BCUT2D eigenvalue weighted by Gasteiger charge is -2.33. The Morgan fingerprint density at radius 1 is 1.25 bits per heavy atom. The number of nitrogens with one attached hydrogen (secondary N) is 1. The molecule has 0 saturated heterocycles. The summed E-state index contributed by atoms with van der Waals surface area (Å²) in [5.74, 6) is 1.93. The summed E-state index contributed by atoms with van der Waals surface area (Å²) >= 11 is 0. The molecule has 0 spiro atoms. The first-order chi connectivity index (χ1) is 9.69. The molecular weight excluding hydrogens is 246 g/mol. The van der Waals surface area contributed by atoms with Gasteiger partial charge in [0.25, 0.3) is 0 Å². The SMILES string of the molecule is CCCNc1cccc(CN(C)C2CCC(C)CC2)n1. The predicted molar refractivity (Wildman–Crippen MR) is 85.9 cm³/mol. The normalized spacial score (nSPS) is 23.0. The van der Waals surface area contributed by atoms with Crippen molar-refractivity contribution in [1.82, 2.24) is 9.88 Å². The molecule has 3 heteroatoms. The van der Waals surface area contributed by atoms with Crippen molar-refractivity contribution in [3.8, 4) is 0 Å². The zero-order valence-electron chi connectivity index (χ0n) is 13.2. The summed E-state index contributed by atoms with van der Waals surface area (Å²) in [5, 5.41) is 3.36. The van der Waals surface area contributed by atoms with Gasteiger partial charge in [0.2, 0.25) is 0 Å². The van der Waals surface area contributed by atoms with Crippen LogP contribution in [0.15, 0.2) is 18.2 Å². The lowest BCUT2D eigenvalue weighted by Crippen LogP contribution is -2.34. The van der Waals surface area contributed by atoms with Crippen molar-refractivity contribution in [2.45, 2.75) is 58.5 Å². The first-order valence-electron chi connectivity index (χ1n) is 8.09. The average Bonchev–Trinajstić information content (AvgIpc) is 2.46. The second-order valence-corrected chi connectivity index (χ2v) is 6.27. The molecule has 1 aliphatic rings. The van der Waals surface area contributed by atoms with Crippen LogP contribution in [0.2, 0.25) is 0 Å². The minimum Gasteiger partial charge on any atom is -0.370 e. The third-order valence-electron chi connectivity index (χ3n) is 4.38. The number of hydrogen-bond acceptors (Lipinski definition) is 3. The lowest BCUT2D eigenvalue weighted by molar-refractivity contribution is 0.162. The third-order valence-corrected chi connectivity index (χ3v) is 4.38. The van der Waals surface area contributed by atoms with Gasteiger partial charge in [-0.3, -0.25) is 4.90 Å². The molecule has 1 aromatic heterocycles. The molecule has 0 atom stereocenters. The molecule has 20 heavy (non-hydrogen) atoms. The summed E-state index contributed by atoms with van der Waals surface area (Å²) in [6.45, 7) is 6.50. The van der Waals surface area contributed by atoms with E-state index >= 15 is 0 Å². The Labute approximate surface area is 123 Å². The van der Waals surface area contributed by atoms with Crippen molar-refractivity contribution < 1.29 is 0 Å². The Kier molecular flexibility index (Phi) is 5.84. The van der Waals surface area contributed by atoms with E-state index in [2.05, 4.69) is 49.3 Å². The number of aromatic nitrogens is 1. The maximum atomic E-state index is 4.71. The zero-order chi connectivity index (χ0) is 14.4. The van der Waals surface area contributed by atoms with Crippen LogP contribution in [0, 0.1) is 5.92 Å². The first-order valence-corrected chi connectivity index (χ1v) is 8.09. The molecule has 112 valence electrons. The van der Waals surface area contributed by atoms with E-state index in [1.54, 1.807) is 0 Å². The van der Waals surface area contributed by atoms with Gasteiger partial charge in [0.1, 0.15) is 5.82 Å². The van der Waals surface area contributed by atoms with Crippen molar-refractivity contribution in [2.75, 3.05) is 18.9 Å². The minimum absolute atomic E-state index is 0.736. The number of nitrogens with zero attached hydrogens (tertiary/aromatic N) is 2. The smallest absolute Gasteiger partial charge is 0.126 e. The molecule has 0 aliphatic heterocycles. The van der Waals surface area contributed by atoms with Crippen LogP contribution in [0.3, 0.4) is 0 Å². The Balaban J connectivity index is 1.88. The number of rotatable bonds is 6. The van der Waals surface area contributed by atoms with Crippen LogP contribution in [-0.2, 0) is 6.54 Å². The van der Waals surface area contributed by atoms with E-state index in [0.717, 1.165) is 37.3 Å². The molecule has 0 unspecified atom stereocenters. The van der Waals surface area contributed by atoms with Gasteiger partial charge in [-0.2, -0.15) is 0 Å². The first kappa shape index (κ1) is 15.3. The van der Waals surface area contributed by atoms with Crippen molar-refractivity contribution in [2.24, 2.45) is 5.92 Å². The highest BCUT2D eigenvalue weighted by atomic mass is 15.1. The molecule has 1 saturated carbocycles. The van der Waals surface area contributed by atoms with E-state index < -0.39 is 0 Å². The molecule has 1 fully saturated rings. The van der Waals surface area contributed by atoms with Gasteiger partial charge in [0.15, 0.2) is 0 Å². The van der Waals surface area contributed by atoms with Crippen LogP contribution in [0.1, 0.15) is 51.6 Å². The molecule has 3 nitrogen and oxygen atoms in total. The summed E-state index contributed by atoms with van der Waals surface area (Å²) in [4.78, 5) is 7.19. The molecule has 0 aromatic carbocycles. The van der Waals surface area contributed by atoms with Gasteiger partial charge >= 0.3 is 0 Å². The van der Waals surface area contributed by atoms with E-state index in [-0.39, 0.29) is 0 Å². The predicted octanol–water partition coefficient (Wildman–Crippen LogP) is 3.91. The second kappa shape index (κ2) is 7.63. The molecule has 0 bridgehead atoms. The van der Waals surface area contributed by atoms with E-state index in [9.17, 15) is 0 Å². The molecule has 0 radical (unpaired) electrons. The zero-order valence-corrected chi connectivity index (χ0v) is 13.2. The monoisotopic (exact) mass is 275 g/mol. The van der Waals surface area contributed by atoms with Crippen LogP contribution in [0.5, 0.6) is 0 Å². The van der Waals surface area contributed by atoms with Gasteiger partial charge in [-0.1, -0.05) is 19.9 Å². The topological polar surface area (TPSA) is 28.2 Å². The number of hydrogen-bond donors (Lipinski definition) is 1. The van der Waals surface area contributed by atoms with Crippen LogP contribution in [-0.4, -0.2) is 29.5 Å². The summed E-state index contributed by atoms with van der Waals surface area (Å²) in [6, 6.07) is 7.04.